The summed E-state index contributed by atoms with van der Waals surface area (Å²) in [7, 11) is -1.70. The number of thiazole rings is 1. The fraction of sp³-hybridized carbons (Fsp3) is 0.688. The van der Waals surface area contributed by atoms with Crippen LogP contribution < -0.4 is 10.2 Å². The van der Waals surface area contributed by atoms with Crippen LogP contribution in [0.25, 0.3) is 0 Å². The Kier molecular flexibility index (Phi) is 7.46. The summed E-state index contributed by atoms with van der Waals surface area (Å²) in [5.41, 5.74) is -0.983. The molecule has 0 aromatic carbocycles. The summed E-state index contributed by atoms with van der Waals surface area (Å²) >= 11 is 0.831. The molecule has 0 bridgehead atoms. The van der Waals surface area contributed by atoms with Crippen molar-refractivity contribution in [2.24, 2.45) is 5.92 Å². The summed E-state index contributed by atoms with van der Waals surface area (Å²) in [6.07, 6.45) is -3.87. The number of hydrogen-bond acceptors (Lipinski definition) is 7. The molecule has 12 heteroatoms. The van der Waals surface area contributed by atoms with Gasteiger partial charge in [0.05, 0.1) is 12.0 Å². The monoisotopic (exact) mass is 421 g/mol. The first-order valence-electron chi connectivity index (χ1n) is 8.96. The number of carbonyl (C=O) groups is 2. The summed E-state index contributed by atoms with van der Waals surface area (Å²) in [6.45, 7) is 4.18. The lowest BCUT2D eigenvalue weighted by molar-refractivity contribution is -0.140. The van der Waals surface area contributed by atoms with E-state index in [9.17, 15) is 32.8 Å². The number of hydrogen-bond donors (Lipinski definition) is 3. The van der Waals surface area contributed by atoms with Gasteiger partial charge in [-0.3, -0.25) is 9.59 Å². The zero-order valence-corrected chi connectivity index (χ0v) is 16.4. The van der Waals surface area contributed by atoms with Crippen LogP contribution in [0.2, 0.25) is 0 Å². The second-order valence-corrected chi connectivity index (χ2v) is 8.03. The Labute approximate surface area is 165 Å². The van der Waals surface area contributed by atoms with Gasteiger partial charge in [-0.1, -0.05) is 13.8 Å². The average Bonchev–Trinajstić information content (AvgIpc) is 3.00. The van der Waals surface area contributed by atoms with E-state index in [0.717, 1.165) is 16.7 Å². The molecule has 156 valence electrons. The lowest BCUT2D eigenvalue weighted by Crippen LogP contribution is -2.53. The minimum atomic E-state index is -4.53. The highest BCUT2D eigenvalue weighted by Gasteiger charge is 2.39. The van der Waals surface area contributed by atoms with Crippen LogP contribution in [0.5, 0.6) is 0 Å². The summed E-state index contributed by atoms with van der Waals surface area (Å²) in [5, 5.41) is 22.2. The standard InChI is InChI=1S/C16H23BF3N3O4S/c1-9(2)7-13(17(26)27)22-14(25)4-3-11(24)10-5-6-23(10)15-21-12(8-28-15)16(18,19)20/h8-10,13,26-27H,3-7H2,1-2H3,(H,22,25)/t10-,13?/m0/s1. The van der Waals surface area contributed by atoms with Crippen LogP contribution in [-0.2, 0) is 15.8 Å². The van der Waals surface area contributed by atoms with Crippen molar-refractivity contribution in [2.45, 2.75) is 57.7 Å². The smallest absolute Gasteiger partial charge is 0.426 e. The number of carbonyl (C=O) groups excluding carboxylic acids is 2. The number of ketones is 1. The van der Waals surface area contributed by atoms with Gasteiger partial charge in [-0.25, -0.2) is 4.98 Å². The van der Waals surface area contributed by atoms with Gasteiger partial charge in [0.25, 0.3) is 0 Å². The largest absolute Gasteiger partial charge is 0.475 e. The summed E-state index contributed by atoms with van der Waals surface area (Å²) < 4.78 is 38.0. The predicted octanol–water partition coefficient (Wildman–Crippen LogP) is 1.63. The third kappa shape index (κ3) is 5.92. The maximum atomic E-state index is 12.7. The van der Waals surface area contributed by atoms with Gasteiger partial charge in [-0.05, 0) is 18.8 Å². The molecule has 0 saturated carbocycles. The number of halogens is 3. The molecular weight excluding hydrogens is 398 g/mol. The Morgan fingerprint density at radius 2 is 2.07 bits per heavy atom. The minimum Gasteiger partial charge on any atom is -0.426 e. The third-order valence-corrected chi connectivity index (χ3v) is 5.33. The van der Waals surface area contributed by atoms with E-state index in [0.29, 0.717) is 19.4 Å². The Bertz CT molecular complexity index is 699. The van der Waals surface area contributed by atoms with Crippen LogP contribution in [0.3, 0.4) is 0 Å². The first-order chi connectivity index (χ1) is 13.0. The van der Waals surface area contributed by atoms with E-state index in [1.54, 1.807) is 0 Å². The topological polar surface area (TPSA) is 103 Å². The summed E-state index contributed by atoms with van der Waals surface area (Å²) in [5.74, 6) is -1.42. The van der Waals surface area contributed by atoms with Gasteiger partial charge in [-0.15, -0.1) is 11.3 Å². The highest BCUT2D eigenvalue weighted by molar-refractivity contribution is 7.13. The second kappa shape index (κ2) is 9.23. The molecule has 1 unspecified atom stereocenters. The first-order valence-corrected chi connectivity index (χ1v) is 9.84. The SMILES string of the molecule is CC(C)CC(NC(=O)CCC(=O)[C@@H]1CCN1c1nc(C(F)(F)F)cs1)B(O)O. The van der Waals surface area contributed by atoms with Crippen LogP contribution >= 0.6 is 11.3 Å². The van der Waals surface area contributed by atoms with Crippen LogP contribution in [0, 0.1) is 5.92 Å². The molecule has 2 heterocycles. The van der Waals surface area contributed by atoms with E-state index < -0.39 is 36.9 Å². The number of amides is 1. The number of nitrogens with one attached hydrogen (secondary N) is 1. The number of rotatable bonds is 9. The van der Waals surface area contributed by atoms with Crippen molar-refractivity contribution in [3.63, 3.8) is 0 Å². The van der Waals surface area contributed by atoms with Gasteiger partial charge in [-0.2, -0.15) is 13.2 Å². The zero-order chi connectivity index (χ0) is 21.1. The number of nitrogens with zero attached hydrogens (tertiary/aromatic N) is 2. The van der Waals surface area contributed by atoms with E-state index in [-0.39, 0.29) is 29.7 Å². The van der Waals surface area contributed by atoms with Gasteiger partial charge in [0.15, 0.2) is 16.6 Å². The maximum absolute atomic E-state index is 12.7. The van der Waals surface area contributed by atoms with Gasteiger partial charge in [0.1, 0.15) is 0 Å². The molecule has 3 N–H and O–H groups in total. The Morgan fingerprint density at radius 1 is 1.39 bits per heavy atom. The lowest BCUT2D eigenvalue weighted by atomic mass is 9.75. The first kappa shape index (κ1) is 22.6. The highest BCUT2D eigenvalue weighted by Crippen LogP contribution is 2.36. The second-order valence-electron chi connectivity index (χ2n) is 7.19. The van der Waals surface area contributed by atoms with E-state index in [1.807, 2.05) is 13.8 Å². The third-order valence-electron chi connectivity index (χ3n) is 4.45. The molecule has 7 nitrogen and oxygen atoms in total. The van der Waals surface area contributed by atoms with Crippen LogP contribution in [0.1, 0.15) is 45.2 Å². The van der Waals surface area contributed by atoms with Gasteiger partial charge >= 0.3 is 13.3 Å². The Morgan fingerprint density at radius 3 is 2.54 bits per heavy atom. The molecule has 0 radical (unpaired) electrons. The van der Waals surface area contributed by atoms with E-state index in [4.69, 9.17) is 0 Å². The fourth-order valence-corrected chi connectivity index (χ4v) is 3.83. The van der Waals surface area contributed by atoms with Gasteiger partial charge in [0, 0.05) is 24.8 Å². The maximum Gasteiger partial charge on any atom is 0.475 e. The number of aromatic nitrogens is 1. The summed E-state index contributed by atoms with van der Waals surface area (Å²) in [6, 6.07) is -0.588. The van der Waals surface area contributed by atoms with Crippen molar-refractivity contribution in [1.29, 1.82) is 0 Å². The number of anilines is 1. The molecule has 0 spiro atoms. The molecule has 0 aliphatic carbocycles. The molecule has 1 amide bonds. The van der Waals surface area contributed by atoms with Crippen molar-refractivity contribution >= 4 is 35.3 Å². The van der Waals surface area contributed by atoms with Crippen LogP contribution in [0.4, 0.5) is 18.3 Å². The van der Waals surface area contributed by atoms with Gasteiger partial charge in [0.2, 0.25) is 5.91 Å². The fourth-order valence-electron chi connectivity index (χ4n) is 2.92. The molecule has 1 aliphatic heterocycles. The van der Waals surface area contributed by atoms with E-state index in [1.165, 1.54) is 4.90 Å². The zero-order valence-electron chi connectivity index (χ0n) is 15.6. The van der Waals surface area contributed by atoms with Crippen molar-refractivity contribution < 1.29 is 32.8 Å². The van der Waals surface area contributed by atoms with Crippen molar-refractivity contribution in [3.05, 3.63) is 11.1 Å². The quantitative estimate of drug-likeness (QED) is 0.524. The molecule has 1 saturated heterocycles. The number of Topliss-reactive ketones (excluding diaryl/α,β-unsaturated/α-hetero) is 1. The number of alkyl halides is 3. The minimum absolute atomic E-state index is 0.0829. The normalized spacial score (nSPS) is 18.0. The van der Waals surface area contributed by atoms with Gasteiger partial charge < -0.3 is 20.3 Å². The molecule has 1 aliphatic rings. The molecule has 2 atom stereocenters. The van der Waals surface area contributed by atoms with Crippen LogP contribution in [0.15, 0.2) is 5.38 Å². The summed E-state index contributed by atoms with van der Waals surface area (Å²) in [4.78, 5) is 29.4. The van der Waals surface area contributed by atoms with Crippen LogP contribution in [-0.4, -0.2) is 52.4 Å². The average molecular weight is 421 g/mol. The Balaban J connectivity index is 1.86. The Hall–Kier alpha value is -1.66. The molecular formula is C16H23BF3N3O4S. The van der Waals surface area contributed by atoms with Crippen molar-refractivity contribution in [1.82, 2.24) is 10.3 Å². The van der Waals surface area contributed by atoms with E-state index >= 15 is 0 Å². The molecule has 1 fully saturated rings. The van der Waals surface area contributed by atoms with Crippen molar-refractivity contribution in [2.75, 3.05) is 11.4 Å². The lowest BCUT2D eigenvalue weighted by Gasteiger charge is -2.39. The van der Waals surface area contributed by atoms with Crippen molar-refractivity contribution in [3.8, 4) is 0 Å². The molecule has 1 aromatic heterocycles. The van der Waals surface area contributed by atoms with E-state index in [2.05, 4.69) is 10.3 Å². The highest BCUT2D eigenvalue weighted by atomic mass is 32.1. The molecule has 28 heavy (non-hydrogen) atoms. The predicted molar refractivity (Wildman–Crippen MR) is 98.7 cm³/mol. The molecule has 1 aromatic rings. The molecule has 2 rings (SSSR count).